The average Bonchev–Trinajstić information content (AvgIpc) is 3.36. The number of nitrogens with zero attached hydrogens (tertiary/aromatic N) is 3. The predicted molar refractivity (Wildman–Crippen MR) is 266 cm³/mol. The number of nitro groups is 1. The first-order valence-corrected chi connectivity index (χ1v) is 25.6. The van der Waals surface area contributed by atoms with E-state index < -0.39 is 40.8 Å². The number of hydrogen-bond acceptors (Lipinski definition) is 14. The van der Waals surface area contributed by atoms with Gasteiger partial charge in [-0.15, -0.1) is 6.58 Å². The van der Waals surface area contributed by atoms with Gasteiger partial charge >= 0.3 is 12.2 Å². The van der Waals surface area contributed by atoms with E-state index in [1.165, 1.54) is 69.1 Å². The van der Waals surface area contributed by atoms with Crippen LogP contribution >= 0.6 is 0 Å². The van der Waals surface area contributed by atoms with Crippen molar-refractivity contribution in [3.8, 4) is 11.5 Å². The number of carbonyl (C=O) groups is 2. The van der Waals surface area contributed by atoms with E-state index in [1.54, 1.807) is 30.3 Å². The molecule has 0 aromatic heterocycles. The zero-order valence-corrected chi connectivity index (χ0v) is 41.4. The minimum Gasteiger partial charge on any atom is -0.459 e. The summed E-state index contributed by atoms with van der Waals surface area (Å²) < 4.78 is 31.3. The van der Waals surface area contributed by atoms with E-state index in [0.29, 0.717) is 55.0 Å². The Kier molecular flexibility index (Phi) is 23.9. The third-order valence-electron chi connectivity index (χ3n) is 13.7. The molecule has 1 fully saturated rings. The number of rotatable bonds is 33. The molecule has 6 atom stereocenters. The number of hydrogen-bond donors (Lipinski definition) is 4. The standard InChI is InChI=1S/C53H78N4O13/c1-4-6-7-8-9-10-11-12-13-16-27-54-51(61)69-42-25-26-47-45(36-42)49-43(20-15-18-30-59)40(19-14-17-29-58)35-44-46(55-68-38-39-21-23-41(24-22-39)57(63)64)37-48(53(70-47,50(44)49)67-32-5-2)56(52(62)65-3)28-33-66-34-31-60/h5,21-26,35-36,40,43,48-50,58-60H,2,4,6-20,27-34,37-38H2,1,3H3,(H,54,61). The number of allylic oxidation sites excluding steroid dienone is 1. The first-order valence-electron chi connectivity index (χ1n) is 25.6. The van der Waals surface area contributed by atoms with Crippen LogP contribution in [0.5, 0.6) is 11.5 Å². The zero-order valence-electron chi connectivity index (χ0n) is 41.4. The largest absolute Gasteiger partial charge is 0.459 e. The van der Waals surface area contributed by atoms with Crippen LogP contribution in [0.1, 0.15) is 133 Å². The van der Waals surface area contributed by atoms with Crippen molar-refractivity contribution < 1.29 is 58.4 Å². The van der Waals surface area contributed by atoms with Gasteiger partial charge in [-0.2, -0.15) is 0 Å². The summed E-state index contributed by atoms with van der Waals surface area (Å²) >= 11 is 0. The number of ether oxygens (including phenoxy) is 5. The summed E-state index contributed by atoms with van der Waals surface area (Å²) in [7, 11) is 1.29. The highest BCUT2D eigenvalue weighted by molar-refractivity contribution is 6.03. The Labute approximate surface area is 413 Å². The lowest BCUT2D eigenvalue weighted by molar-refractivity contribution is -0.384. The van der Waals surface area contributed by atoms with Gasteiger partial charge in [0.2, 0.25) is 5.79 Å². The summed E-state index contributed by atoms with van der Waals surface area (Å²) in [4.78, 5) is 45.9. The van der Waals surface area contributed by atoms with Gasteiger partial charge in [-0.25, -0.2) is 9.59 Å². The first-order chi connectivity index (χ1) is 34.2. The lowest BCUT2D eigenvalue weighted by Gasteiger charge is -2.59. The number of benzene rings is 2. The Balaban J connectivity index is 1.57. The monoisotopic (exact) mass is 979 g/mol. The summed E-state index contributed by atoms with van der Waals surface area (Å²) in [6.07, 6.45) is 18.6. The van der Waals surface area contributed by atoms with Crippen LogP contribution < -0.4 is 14.8 Å². The quantitative estimate of drug-likeness (QED) is 0.0227. The molecule has 17 nitrogen and oxygen atoms in total. The Hall–Kier alpha value is -5.07. The van der Waals surface area contributed by atoms with Crippen molar-refractivity contribution >= 4 is 23.6 Å². The fourth-order valence-electron chi connectivity index (χ4n) is 10.4. The molecule has 0 radical (unpaired) electrons. The number of nitro benzene ring substituents is 1. The molecule has 4 N–H and O–H groups in total. The van der Waals surface area contributed by atoms with Crippen LogP contribution in [0.4, 0.5) is 15.3 Å². The van der Waals surface area contributed by atoms with E-state index in [1.807, 2.05) is 6.07 Å². The van der Waals surface area contributed by atoms with Gasteiger partial charge in [0.15, 0.2) is 0 Å². The van der Waals surface area contributed by atoms with Crippen LogP contribution in [0.25, 0.3) is 0 Å². The van der Waals surface area contributed by atoms with E-state index in [0.717, 1.165) is 43.2 Å². The highest BCUT2D eigenvalue weighted by Gasteiger charge is 2.65. The van der Waals surface area contributed by atoms with Crippen LogP contribution in [0.2, 0.25) is 0 Å². The topological polar surface area (TPSA) is 221 Å². The summed E-state index contributed by atoms with van der Waals surface area (Å²) in [6.45, 7) is 6.72. The number of nitrogens with one attached hydrogen (secondary N) is 1. The molecule has 1 heterocycles. The first kappa shape index (κ1) is 55.9. The predicted octanol–water partition coefficient (Wildman–Crippen LogP) is 9.52. The fraction of sp³-hybridized carbons (Fsp3) is 0.642. The number of amides is 2. The molecule has 3 aliphatic rings. The summed E-state index contributed by atoms with van der Waals surface area (Å²) in [6, 6.07) is 10.4. The molecule has 2 amide bonds. The molecule has 2 aliphatic carbocycles. The third-order valence-corrected chi connectivity index (χ3v) is 13.7. The van der Waals surface area contributed by atoms with Gasteiger partial charge in [0.25, 0.3) is 5.69 Å². The summed E-state index contributed by atoms with van der Waals surface area (Å²) in [5.41, 5.74) is 2.68. The number of unbranched alkanes of at least 4 members (excludes halogenated alkanes) is 11. The molecule has 17 heteroatoms. The third kappa shape index (κ3) is 15.5. The molecular formula is C53H78N4O13. The van der Waals surface area contributed by atoms with Gasteiger partial charge in [-0.1, -0.05) is 94.9 Å². The molecule has 2 aromatic rings. The maximum atomic E-state index is 14.1. The summed E-state index contributed by atoms with van der Waals surface area (Å²) in [5, 5.41) is 48.5. The van der Waals surface area contributed by atoms with Crippen LogP contribution in [0.15, 0.2) is 71.9 Å². The lowest BCUT2D eigenvalue weighted by Crippen LogP contribution is -2.70. The summed E-state index contributed by atoms with van der Waals surface area (Å²) in [5.74, 6) is -1.97. The Morgan fingerprint density at radius 3 is 2.29 bits per heavy atom. The van der Waals surface area contributed by atoms with Crippen LogP contribution in [-0.4, -0.2) is 115 Å². The van der Waals surface area contributed by atoms with Crippen molar-refractivity contribution in [1.29, 1.82) is 0 Å². The van der Waals surface area contributed by atoms with Crippen molar-refractivity contribution in [1.82, 2.24) is 10.2 Å². The Bertz CT molecular complexity index is 2000. The fourth-order valence-corrected chi connectivity index (χ4v) is 10.4. The number of carbonyl (C=O) groups excluding carboxylic acids is 2. The van der Waals surface area contributed by atoms with Crippen LogP contribution in [0.3, 0.4) is 0 Å². The number of aliphatic hydroxyl groups is 3. The smallest absolute Gasteiger partial charge is 0.412 e. The maximum Gasteiger partial charge on any atom is 0.412 e. The van der Waals surface area contributed by atoms with Crippen molar-refractivity contribution in [2.45, 2.75) is 140 Å². The number of non-ortho nitro benzene ring substituents is 1. The molecule has 0 spiro atoms. The number of fused-ring (bicyclic) bond motifs is 2. The molecule has 5 rings (SSSR count). The lowest BCUT2D eigenvalue weighted by atomic mass is 9.55. The van der Waals surface area contributed by atoms with E-state index >= 15 is 0 Å². The SMILES string of the molecule is C=CCOC12Oc3ccc(OC(=O)NCCCCCCCCCCCC)cc3C3C(CCCCO)C(CCCCO)C=C(C(=NOCc4ccc([N+](=O)[O-])cc4)CC1N(CCOCCO)C(=O)OC)C32. The highest BCUT2D eigenvalue weighted by atomic mass is 16.7. The van der Waals surface area contributed by atoms with Gasteiger partial charge < -0.3 is 49.2 Å². The Morgan fingerprint density at radius 1 is 0.929 bits per heavy atom. The molecule has 2 aromatic carbocycles. The second-order valence-corrected chi connectivity index (χ2v) is 18.5. The number of oxime groups is 1. The van der Waals surface area contributed by atoms with E-state index in [9.17, 15) is 35.0 Å². The zero-order chi connectivity index (χ0) is 50.1. The molecule has 388 valence electrons. The van der Waals surface area contributed by atoms with Gasteiger partial charge in [-0.3, -0.25) is 15.0 Å². The minimum atomic E-state index is -1.58. The van der Waals surface area contributed by atoms with Crippen LogP contribution in [0, 0.1) is 27.9 Å². The Morgan fingerprint density at radius 2 is 1.63 bits per heavy atom. The van der Waals surface area contributed by atoms with Crippen molar-refractivity contribution in [3.63, 3.8) is 0 Å². The molecular weight excluding hydrogens is 901 g/mol. The molecule has 0 bridgehead atoms. The normalized spacial score (nSPS) is 21.7. The second-order valence-electron chi connectivity index (χ2n) is 18.5. The molecule has 70 heavy (non-hydrogen) atoms. The van der Waals surface area contributed by atoms with Crippen LogP contribution in [-0.2, 0) is 25.7 Å². The van der Waals surface area contributed by atoms with Gasteiger partial charge in [-0.05, 0) is 85.4 Å². The maximum absolute atomic E-state index is 14.1. The van der Waals surface area contributed by atoms with Gasteiger partial charge in [0.05, 0.1) is 50.1 Å². The van der Waals surface area contributed by atoms with E-state index in [2.05, 4.69) is 24.9 Å². The second kappa shape index (κ2) is 30.0. The molecule has 0 saturated heterocycles. The van der Waals surface area contributed by atoms with Gasteiger partial charge in [0, 0.05) is 56.3 Å². The van der Waals surface area contributed by atoms with Gasteiger partial charge in [0.1, 0.15) is 24.1 Å². The molecule has 6 unspecified atom stereocenters. The highest BCUT2D eigenvalue weighted by Crippen LogP contribution is 2.62. The van der Waals surface area contributed by atoms with Crippen molar-refractivity contribution in [3.05, 3.63) is 88.0 Å². The van der Waals surface area contributed by atoms with Crippen molar-refractivity contribution in [2.24, 2.45) is 22.9 Å². The average molecular weight is 979 g/mol. The molecule has 1 aliphatic heterocycles. The van der Waals surface area contributed by atoms with E-state index in [-0.39, 0.29) is 76.7 Å². The molecule has 1 saturated carbocycles. The van der Waals surface area contributed by atoms with E-state index in [4.69, 9.17) is 33.7 Å². The number of methoxy groups -OCH3 is 1. The van der Waals surface area contributed by atoms with Crippen molar-refractivity contribution in [2.75, 3.05) is 59.8 Å². The minimum absolute atomic E-state index is 0.00758. The number of aliphatic hydroxyl groups excluding tert-OH is 3.